The van der Waals surface area contributed by atoms with Gasteiger partial charge in [-0.2, -0.15) is 0 Å². The fraction of sp³-hybridized carbons (Fsp3) is 0. The monoisotopic (exact) mass is 55.1 g/mol. The minimum Gasteiger partial charge on any atom is -0.0991 e. The van der Waals surface area contributed by atoms with Crippen molar-refractivity contribution < 1.29 is 1.37 Å². The molecule has 0 bridgehead atoms. The maximum absolute atomic E-state index is 6.35. The maximum atomic E-state index is 6.35. The van der Waals surface area contributed by atoms with E-state index in [-0.39, 0.29) is 0 Å². The normalized spacial score (nSPS) is 11.5. The summed E-state index contributed by atoms with van der Waals surface area (Å²) < 4.78 is 6.35. The van der Waals surface area contributed by atoms with E-state index in [4.69, 9.17) is 1.37 Å². The van der Waals surface area contributed by atoms with Gasteiger partial charge in [0.25, 0.3) is 0 Å². The summed E-state index contributed by atoms with van der Waals surface area (Å²) in [5.74, 6) is 0. The van der Waals surface area contributed by atoms with E-state index in [1.54, 1.807) is 12.2 Å². The van der Waals surface area contributed by atoms with Gasteiger partial charge in [0.2, 0.25) is 0 Å². The molecule has 0 amide bonds. The van der Waals surface area contributed by atoms with Crippen LogP contribution in [-0.2, 0) is 0 Å². The van der Waals surface area contributed by atoms with Gasteiger partial charge in [0, 0.05) is 0 Å². The van der Waals surface area contributed by atoms with Gasteiger partial charge in [-0.1, -0.05) is 25.3 Å². The van der Waals surface area contributed by atoms with E-state index in [0.29, 0.717) is 0 Å². The third kappa shape index (κ3) is 1.48. The van der Waals surface area contributed by atoms with Gasteiger partial charge in [-0.3, -0.25) is 0 Å². The quantitative estimate of drug-likeness (QED) is 0.397. The Morgan fingerprint density at radius 2 is 2.50 bits per heavy atom. The first-order valence-electron chi connectivity index (χ1n) is 1.65. The first-order valence-corrected chi connectivity index (χ1v) is 1.07. The van der Waals surface area contributed by atoms with E-state index >= 15 is 0 Å². The lowest BCUT2D eigenvalue weighted by molar-refractivity contribution is 2.15. The number of rotatable bonds is 1. The molecule has 0 aromatic heterocycles. The first kappa shape index (κ1) is 1.77. The van der Waals surface area contributed by atoms with Gasteiger partial charge in [0.15, 0.2) is 0 Å². The van der Waals surface area contributed by atoms with Crippen LogP contribution in [0.15, 0.2) is 25.3 Å². The van der Waals surface area contributed by atoms with Crippen LogP contribution in [0.1, 0.15) is 1.37 Å². The van der Waals surface area contributed by atoms with Crippen molar-refractivity contribution in [1.29, 1.82) is 0 Å². The fourth-order valence-corrected chi connectivity index (χ4v) is 0. The zero-order chi connectivity index (χ0) is 4.12. The van der Waals surface area contributed by atoms with Crippen LogP contribution in [0.25, 0.3) is 0 Å². The lowest BCUT2D eigenvalue weighted by atomic mass is 10.6. The molecule has 0 aliphatic carbocycles. The van der Waals surface area contributed by atoms with Crippen molar-refractivity contribution in [2.45, 2.75) is 0 Å². The molecule has 0 spiro atoms. The van der Waals surface area contributed by atoms with Crippen molar-refractivity contribution in [3.63, 3.8) is 0 Å². The molecule has 0 radical (unpaired) electrons. The molecular weight excluding hydrogens is 48.0 g/mol. The minimum absolute atomic E-state index is 1.19. The summed E-state index contributed by atoms with van der Waals surface area (Å²) in [6.45, 7) is 4.53. The van der Waals surface area contributed by atoms with Crippen molar-refractivity contribution in [2.24, 2.45) is 0 Å². The topological polar surface area (TPSA) is 0 Å². The molecule has 0 fully saturated rings. The van der Waals surface area contributed by atoms with Crippen LogP contribution in [0.5, 0.6) is 0 Å². The van der Waals surface area contributed by atoms with Crippen molar-refractivity contribution in [3.8, 4) is 0 Å². The highest BCUT2D eigenvalue weighted by Crippen LogP contribution is 1.52. The molecule has 0 aliphatic rings. The van der Waals surface area contributed by atoms with E-state index in [2.05, 4.69) is 6.58 Å². The van der Waals surface area contributed by atoms with E-state index in [9.17, 15) is 0 Å². The van der Waals surface area contributed by atoms with Gasteiger partial charge in [-0.05, 0) is 0 Å². The van der Waals surface area contributed by atoms with Crippen LogP contribution in [0, 0.1) is 0 Å². The van der Waals surface area contributed by atoms with E-state index in [1.807, 2.05) is 0 Å². The minimum atomic E-state index is 1.19. The fourth-order valence-electron chi connectivity index (χ4n) is 0. The lowest BCUT2D eigenvalue weighted by Crippen LogP contribution is -1.21. The molecule has 4 heavy (non-hydrogen) atoms. The second-order valence-corrected chi connectivity index (χ2v) is 0.428. The molecule has 22 valence electrons. The first-order chi connectivity index (χ1) is 2.41. The van der Waals surface area contributed by atoms with E-state index < -0.39 is 0 Å². The molecule has 0 atom stereocenters. The van der Waals surface area contributed by atoms with Crippen molar-refractivity contribution in [3.05, 3.63) is 25.3 Å². The molecule has 0 rings (SSSR count). The lowest BCUT2D eigenvalue weighted by Gasteiger charge is -1.44. The van der Waals surface area contributed by atoms with Crippen LogP contribution in [0.3, 0.4) is 0 Å². The van der Waals surface area contributed by atoms with E-state index in [1.165, 1.54) is 6.55 Å². The second-order valence-electron chi connectivity index (χ2n) is 0.428. The predicted octanol–water partition coefficient (Wildman–Crippen LogP) is 1.36. The Labute approximate surface area is 27.9 Å². The van der Waals surface area contributed by atoms with Gasteiger partial charge in [0.05, 0.1) is 1.37 Å². The highest BCUT2D eigenvalue weighted by Gasteiger charge is 1.29. The Bertz CT molecular complexity index is 45.6. The summed E-state index contributed by atoms with van der Waals surface area (Å²) in [5, 5.41) is 0. The van der Waals surface area contributed by atoms with Crippen molar-refractivity contribution in [2.75, 3.05) is 0 Å². The Morgan fingerprint density at radius 3 is 2.50 bits per heavy atom. The molecule has 0 saturated heterocycles. The molecule has 0 heterocycles. The summed E-state index contributed by atoms with van der Waals surface area (Å²) in [4.78, 5) is 0. The number of hydrogen-bond donors (Lipinski definition) is 0. The molecule has 0 nitrogen and oxygen atoms in total. The van der Waals surface area contributed by atoms with Gasteiger partial charge in [0.1, 0.15) is 0 Å². The van der Waals surface area contributed by atoms with E-state index in [0.717, 1.165) is 0 Å². The molecule has 0 N–H and O–H groups in total. The molecule has 0 aliphatic heterocycles. The highest BCUT2D eigenvalue weighted by atomic mass is 13.4. The van der Waals surface area contributed by atoms with Crippen molar-refractivity contribution >= 4 is 0 Å². The van der Waals surface area contributed by atoms with Crippen LogP contribution in [0.4, 0.5) is 0 Å². The molecule has 0 aromatic carbocycles. The summed E-state index contributed by atoms with van der Waals surface area (Å²) in [7, 11) is 0. The zero-order valence-corrected chi connectivity index (χ0v) is 2.44. The Balaban J connectivity index is 2.92. The van der Waals surface area contributed by atoms with Crippen molar-refractivity contribution in [1.82, 2.24) is 0 Å². The molecule has 0 unspecified atom stereocenters. The van der Waals surface area contributed by atoms with Crippen LogP contribution in [-0.4, -0.2) is 0 Å². The molecule has 0 saturated carbocycles. The van der Waals surface area contributed by atoms with Crippen LogP contribution in [0.2, 0.25) is 0 Å². The number of allylic oxidation sites excluding steroid dienone is 2. The van der Waals surface area contributed by atoms with Gasteiger partial charge >= 0.3 is 0 Å². The summed E-state index contributed by atoms with van der Waals surface area (Å²) in [6.07, 6.45) is 3.12. The van der Waals surface area contributed by atoms with Gasteiger partial charge in [-0.25, -0.2) is 0 Å². The van der Waals surface area contributed by atoms with Gasteiger partial charge < -0.3 is 0 Å². The molecule has 0 heteroatoms. The summed E-state index contributed by atoms with van der Waals surface area (Å²) in [5.41, 5.74) is 0. The van der Waals surface area contributed by atoms with Crippen LogP contribution >= 0.6 is 0 Å². The third-order valence-corrected chi connectivity index (χ3v) is 0.136. The Morgan fingerprint density at radius 1 is 1.75 bits per heavy atom. The Hall–Kier alpha value is -0.520. The SMILES string of the molecule is [2H]C=CC=C. The number of hydrogen-bond acceptors (Lipinski definition) is 0. The Kier molecular flexibility index (Phi) is 1.10. The highest BCUT2D eigenvalue weighted by molar-refractivity contribution is 4.88. The average Bonchev–Trinajstić information content (AvgIpc) is 1.41. The molecular formula is C4H6. The standard InChI is InChI=1S/C4H6/c1-3-4-2/h3-4H,1-2H2/i1D. The summed E-state index contributed by atoms with van der Waals surface area (Å²) in [6, 6.07) is 0. The third-order valence-electron chi connectivity index (χ3n) is 0.136. The largest absolute Gasteiger partial charge is 0.0991 e. The zero-order valence-electron chi connectivity index (χ0n) is 3.44. The predicted molar refractivity (Wildman–Crippen MR) is 20.4 cm³/mol. The van der Waals surface area contributed by atoms with Crippen LogP contribution < -0.4 is 0 Å². The maximum Gasteiger partial charge on any atom is 0.0538 e. The molecule has 0 aromatic rings. The van der Waals surface area contributed by atoms with Gasteiger partial charge in [-0.15, -0.1) is 0 Å². The average molecular weight is 55.1 g/mol. The smallest absolute Gasteiger partial charge is 0.0538 e. The summed E-state index contributed by atoms with van der Waals surface area (Å²) >= 11 is 0. The second kappa shape index (κ2) is 2.48.